The molecule has 1 aromatic carbocycles. The Morgan fingerprint density at radius 3 is 3.08 bits per heavy atom. The lowest BCUT2D eigenvalue weighted by Crippen LogP contribution is -2.41. The van der Waals surface area contributed by atoms with E-state index in [1.807, 2.05) is 35.5 Å². The molecule has 0 N–H and O–H groups in total. The van der Waals surface area contributed by atoms with E-state index in [0.717, 1.165) is 49.3 Å². The highest BCUT2D eigenvalue weighted by molar-refractivity contribution is 5.94. The SMILES string of the molecule is CCc1nccn1[C@@H]1CCCN(C(=O)c2ccc3c(c2)COC3)C1. The molecule has 0 bridgehead atoms. The number of fused-ring (bicyclic) bond motifs is 1. The fourth-order valence-electron chi connectivity index (χ4n) is 3.80. The van der Waals surface area contributed by atoms with Gasteiger partial charge in [-0.1, -0.05) is 13.0 Å². The number of amides is 1. The molecule has 4 rings (SSSR count). The van der Waals surface area contributed by atoms with Gasteiger partial charge in [-0.25, -0.2) is 4.98 Å². The third-order valence-electron chi connectivity index (χ3n) is 5.11. The van der Waals surface area contributed by atoms with Crippen LogP contribution in [0.1, 0.15) is 53.1 Å². The zero-order valence-electron chi connectivity index (χ0n) is 14.1. The van der Waals surface area contributed by atoms with Gasteiger partial charge in [-0.05, 0) is 36.1 Å². The lowest BCUT2D eigenvalue weighted by Gasteiger charge is -2.34. The number of benzene rings is 1. The maximum Gasteiger partial charge on any atom is 0.253 e. The van der Waals surface area contributed by atoms with Gasteiger partial charge in [0.2, 0.25) is 0 Å². The van der Waals surface area contributed by atoms with Crippen LogP contribution >= 0.6 is 0 Å². The molecule has 5 nitrogen and oxygen atoms in total. The first-order valence-electron chi connectivity index (χ1n) is 8.76. The normalized spacial score (nSPS) is 20.2. The highest BCUT2D eigenvalue weighted by Crippen LogP contribution is 2.26. The van der Waals surface area contributed by atoms with E-state index in [-0.39, 0.29) is 5.91 Å². The molecule has 24 heavy (non-hydrogen) atoms. The number of nitrogens with zero attached hydrogens (tertiary/aromatic N) is 3. The number of aromatic nitrogens is 2. The van der Waals surface area contributed by atoms with Gasteiger partial charge < -0.3 is 14.2 Å². The molecule has 0 unspecified atom stereocenters. The highest BCUT2D eigenvalue weighted by Gasteiger charge is 2.27. The molecule has 2 aromatic rings. The second-order valence-electron chi connectivity index (χ2n) is 6.63. The van der Waals surface area contributed by atoms with Crippen LogP contribution in [-0.2, 0) is 24.4 Å². The van der Waals surface area contributed by atoms with E-state index < -0.39 is 0 Å². The van der Waals surface area contributed by atoms with Crippen molar-refractivity contribution in [3.63, 3.8) is 0 Å². The van der Waals surface area contributed by atoms with Crippen molar-refractivity contribution in [3.05, 3.63) is 53.1 Å². The van der Waals surface area contributed by atoms with Gasteiger partial charge in [0.1, 0.15) is 5.82 Å². The van der Waals surface area contributed by atoms with Gasteiger partial charge in [-0.3, -0.25) is 4.79 Å². The monoisotopic (exact) mass is 325 g/mol. The Morgan fingerprint density at radius 2 is 2.21 bits per heavy atom. The molecule has 1 atom stereocenters. The summed E-state index contributed by atoms with van der Waals surface area (Å²) in [6, 6.07) is 6.30. The lowest BCUT2D eigenvalue weighted by atomic mass is 10.0. The summed E-state index contributed by atoms with van der Waals surface area (Å²) < 4.78 is 7.70. The van der Waals surface area contributed by atoms with Gasteiger partial charge >= 0.3 is 0 Å². The molecule has 0 radical (unpaired) electrons. The van der Waals surface area contributed by atoms with Crippen molar-refractivity contribution in [2.75, 3.05) is 13.1 Å². The molecule has 1 amide bonds. The first-order valence-corrected chi connectivity index (χ1v) is 8.76. The van der Waals surface area contributed by atoms with Crippen molar-refractivity contribution >= 4 is 5.91 Å². The Balaban J connectivity index is 1.52. The number of likely N-dealkylation sites (tertiary alicyclic amines) is 1. The molecule has 3 heterocycles. The number of carbonyl (C=O) groups is 1. The number of piperidine rings is 1. The molecule has 2 aliphatic rings. The molecule has 0 saturated carbocycles. The van der Waals surface area contributed by atoms with Crippen molar-refractivity contribution in [3.8, 4) is 0 Å². The maximum absolute atomic E-state index is 12.9. The number of carbonyl (C=O) groups excluding carboxylic acids is 1. The van der Waals surface area contributed by atoms with Crippen LogP contribution in [-0.4, -0.2) is 33.4 Å². The molecule has 126 valence electrons. The van der Waals surface area contributed by atoms with Crippen LogP contribution in [0.25, 0.3) is 0 Å². The average molecular weight is 325 g/mol. The fourth-order valence-corrected chi connectivity index (χ4v) is 3.80. The zero-order valence-corrected chi connectivity index (χ0v) is 14.1. The number of ether oxygens (including phenoxy) is 1. The molecule has 1 saturated heterocycles. The minimum absolute atomic E-state index is 0.132. The number of hydrogen-bond donors (Lipinski definition) is 0. The van der Waals surface area contributed by atoms with E-state index in [0.29, 0.717) is 19.3 Å². The maximum atomic E-state index is 12.9. The van der Waals surface area contributed by atoms with Crippen molar-refractivity contribution < 1.29 is 9.53 Å². The van der Waals surface area contributed by atoms with Gasteiger partial charge in [-0.2, -0.15) is 0 Å². The second kappa shape index (κ2) is 6.40. The van der Waals surface area contributed by atoms with E-state index in [4.69, 9.17) is 4.74 Å². The lowest BCUT2D eigenvalue weighted by molar-refractivity contribution is 0.0678. The van der Waals surface area contributed by atoms with Gasteiger partial charge in [0.25, 0.3) is 5.91 Å². The summed E-state index contributed by atoms with van der Waals surface area (Å²) in [6.07, 6.45) is 6.96. The van der Waals surface area contributed by atoms with Crippen molar-refractivity contribution in [2.45, 2.75) is 45.4 Å². The summed E-state index contributed by atoms with van der Waals surface area (Å²) in [5, 5.41) is 0. The van der Waals surface area contributed by atoms with Crippen LogP contribution in [0.4, 0.5) is 0 Å². The quantitative estimate of drug-likeness (QED) is 0.872. The predicted molar refractivity (Wildman–Crippen MR) is 90.7 cm³/mol. The van der Waals surface area contributed by atoms with Crippen LogP contribution < -0.4 is 0 Å². The van der Waals surface area contributed by atoms with E-state index in [9.17, 15) is 4.79 Å². The first-order chi connectivity index (χ1) is 11.8. The number of imidazole rings is 1. The topological polar surface area (TPSA) is 47.4 Å². The van der Waals surface area contributed by atoms with Crippen LogP contribution in [0.5, 0.6) is 0 Å². The molecule has 2 aliphatic heterocycles. The van der Waals surface area contributed by atoms with Crippen molar-refractivity contribution in [1.82, 2.24) is 14.5 Å². The summed E-state index contributed by atoms with van der Waals surface area (Å²) in [5.74, 6) is 1.23. The summed E-state index contributed by atoms with van der Waals surface area (Å²) in [6.45, 7) is 5.00. The minimum Gasteiger partial charge on any atom is -0.372 e. The summed E-state index contributed by atoms with van der Waals surface area (Å²) in [5.41, 5.74) is 3.13. The van der Waals surface area contributed by atoms with Crippen molar-refractivity contribution in [2.24, 2.45) is 0 Å². The van der Waals surface area contributed by atoms with Crippen LogP contribution in [0.15, 0.2) is 30.6 Å². The Hall–Kier alpha value is -2.14. The summed E-state index contributed by atoms with van der Waals surface area (Å²) >= 11 is 0. The predicted octanol–water partition coefficient (Wildman–Crippen LogP) is 2.95. The average Bonchev–Trinajstić information content (AvgIpc) is 3.29. The highest BCUT2D eigenvalue weighted by atomic mass is 16.5. The molecular weight excluding hydrogens is 302 g/mol. The summed E-state index contributed by atoms with van der Waals surface area (Å²) in [7, 11) is 0. The fraction of sp³-hybridized carbons (Fsp3) is 0.474. The van der Waals surface area contributed by atoms with E-state index in [1.54, 1.807) is 0 Å². The van der Waals surface area contributed by atoms with Crippen molar-refractivity contribution in [1.29, 1.82) is 0 Å². The molecule has 5 heteroatoms. The molecule has 0 spiro atoms. The Kier molecular flexibility index (Phi) is 4.10. The third kappa shape index (κ3) is 2.73. The molecule has 0 aliphatic carbocycles. The molecule has 1 fully saturated rings. The Bertz CT molecular complexity index is 753. The van der Waals surface area contributed by atoms with Gasteiger partial charge in [0.15, 0.2) is 0 Å². The number of rotatable bonds is 3. The van der Waals surface area contributed by atoms with Crippen LogP contribution in [0.2, 0.25) is 0 Å². The van der Waals surface area contributed by atoms with E-state index >= 15 is 0 Å². The number of hydrogen-bond acceptors (Lipinski definition) is 3. The zero-order chi connectivity index (χ0) is 16.5. The van der Waals surface area contributed by atoms with Crippen LogP contribution in [0, 0.1) is 0 Å². The van der Waals surface area contributed by atoms with Gasteiger partial charge in [0, 0.05) is 37.5 Å². The third-order valence-corrected chi connectivity index (χ3v) is 5.11. The molecule has 1 aromatic heterocycles. The largest absolute Gasteiger partial charge is 0.372 e. The van der Waals surface area contributed by atoms with E-state index in [2.05, 4.69) is 16.5 Å². The minimum atomic E-state index is 0.132. The smallest absolute Gasteiger partial charge is 0.253 e. The summed E-state index contributed by atoms with van der Waals surface area (Å²) in [4.78, 5) is 19.3. The van der Waals surface area contributed by atoms with Crippen LogP contribution in [0.3, 0.4) is 0 Å². The standard InChI is InChI=1S/C19H23N3O2/c1-2-18-20-7-9-22(18)17-4-3-8-21(11-17)19(23)14-5-6-15-12-24-13-16(15)10-14/h5-7,9-10,17H,2-4,8,11-13H2,1H3/t17-/m1/s1. The molecular formula is C19H23N3O2. The van der Waals surface area contributed by atoms with Gasteiger partial charge in [-0.15, -0.1) is 0 Å². The van der Waals surface area contributed by atoms with Gasteiger partial charge in [0.05, 0.1) is 19.3 Å². The van der Waals surface area contributed by atoms with E-state index in [1.165, 1.54) is 5.56 Å². The second-order valence-corrected chi connectivity index (χ2v) is 6.63. The Labute approximate surface area is 142 Å². The first kappa shape index (κ1) is 15.4. The number of aryl methyl sites for hydroxylation is 1. The Morgan fingerprint density at radius 1 is 1.33 bits per heavy atom.